The molecule has 24 heavy (non-hydrogen) atoms. The molecule has 0 aliphatic carbocycles. The maximum absolute atomic E-state index is 13.5. The van der Waals surface area contributed by atoms with Gasteiger partial charge < -0.3 is 14.5 Å². The van der Waals surface area contributed by atoms with Gasteiger partial charge in [-0.1, -0.05) is 0 Å². The Morgan fingerprint density at radius 1 is 1.21 bits per heavy atom. The molecule has 3 rings (SSSR count). The zero-order chi connectivity index (χ0) is 17.1. The molecule has 1 atom stereocenters. The molecule has 0 saturated carbocycles. The maximum atomic E-state index is 13.5. The van der Waals surface area contributed by atoms with Crippen LogP contribution in [0.5, 0.6) is 0 Å². The highest BCUT2D eigenvalue weighted by atomic mass is 19.1. The van der Waals surface area contributed by atoms with Gasteiger partial charge in [-0.2, -0.15) is 0 Å². The first kappa shape index (κ1) is 17.3. The van der Waals surface area contributed by atoms with Crippen LogP contribution in [0.1, 0.15) is 29.6 Å². The summed E-state index contributed by atoms with van der Waals surface area (Å²) >= 11 is 0. The van der Waals surface area contributed by atoms with Gasteiger partial charge in [-0.25, -0.2) is 8.78 Å². The quantitative estimate of drug-likeness (QED) is 0.846. The van der Waals surface area contributed by atoms with Crippen LogP contribution in [0.15, 0.2) is 18.2 Å². The molecule has 132 valence electrons. The number of halogens is 2. The van der Waals surface area contributed by atoms with Crippen LogP contribution in [0.2, 0.25) is 0 Å². The van der Waals surface area contributed by atoms with E-state index in [0.717, 1.165) is 50.6 Å². The van der Waals surface area contributed by atoms with Crippen molar-refractivity contribution in [3.8, 4) is 0 Å². The minimum absolute atomic E-state index is 0.0883. The number of amides is 1. The molecular formula is C18H24F2N2O2. The van der Waals surface area contributed by atoms with Crippen LogP contribution in [0.4, 0.5) is 8.78 Å². The van der Waals surface area contributed by atoms with Crippen molar-refractivity contribution in [1.82, 2.24) is 9.80 Å². The number of piperidine rings is 1. The van der Waals surface area contributed by atoms with Crippen LogP contribution in [-0.4, -0.2) is 61.6 Å². The lowest BCUT2D eigenvalue weighted by Crippen LogP contribution is -2.48. The molecule has 6 heteroatoms. The summed E-state index contributed by atoms with van der Waals surface area (Å²) in [5, 5.41) is 0. The van der Waals surface area contributed by atoms with E-state index < -0.39 is 11.6 Å². The molecule has 2 aliphatic rings. The average molecular weight is 338 g/mol. The Balaban J connectivity index is 1.80. The standard InChI is InChI=1S/C18H24F2N2O2/c1-21-5-2-17(3-6-21)22(11-13-4-7-24-12-13)18(23)14-8-15(19)10-16(20)9-14/h8-10,13,17H,2-7,11-12H2,1H3/t13-/m0/s1. The lowest BCUT2D eigenvalue weighted by molar-refractivity contribution is 0.0535. The third kappa shape index (κ3) is 4.11. The van der Waals surface area contributed by atoms with Crippen molar-refractivity contribution in [3.63, 3.8) is 0 Å². The van der Waals surface area contributed by atoms with Crippen molar-refractivity contribution in [2.75, 3.05) is 39.9 Å². The van der Waals surface area contributed by atoms with Crippen molar-refractivity contribution in [2.24, 2.45) is 5.92 Å². The number of carbonyl (C=O) groups excluding carboxylic acids is 1. The molecule has 0 radical (unpaired) electrons. The van der Waals surface area contributed by atoms with Gasteiger partial charge in [0, 0.05) is 36.7 Å². The van der Waals surface area contributed by atoms with Gasteiger partial charge in [0.1, 0.15) is 11.6 Å². The van der Waals surface area contributed by atoms with Gasteiger partial charge in [-0.15, -0.1) is 0 Å². The third-order valence-corrected chi connectivity index (χ3v) is 4.98. The number of likely N-dealkylation sites (tertiary alicyclic amines) is 1. The normalized spacial score (nSPS) is 22.7. The van der Waals surface area contributed by atoms with Gasteiger partial charge in [-0.05, 0) is 51.5 Å². The van der Waals surface area contributed by atoms with Crippen LogP contribution in [0, 0.1) is 17.6 Å². The number of benzene rings is 1. The Kier molecular flexibility index (Phi) is 5.46. The van der Waals surface area contributed by atoms with Crippen molar-refractivity contribution in [2.45, 2.75) is 25.3 Å². The maximum Gasteiger partial charge on any atom is 0.254 e. The molecule has 0 N–H and O–H groups in total. The molecule has 1 amide bonds. The van der Waals surface area contributed by atoms with E-state index in [0.29, 0.717) is 25.7 Å². The summed E-state index contributed by atoms with van der Waals surface area (Å²) < 4.78 is 32.4. The molecule has 0 unspecified atom stereocenters. The van der Waals surface area contributed by atoms with Gasteiger partial charge >= 0.3 is 0 Å². The van der Waals surface area contributed by atoms with Gasteiger partial charge in [-0.3, -0.25) is 4.79 Å². The fraction of sp³-hybridized carbons (Fsp3) is 0.611. The van der Waals surface area contributed by atoms with Gasteiger partial charge in [0.05, 0.1) is 6.61 Å². The van der Waals surface area contributed by atoms with Gasteiger partial charge in [0.25, 0.3) is 5.91 Å². The smallest absolute Gasteiger partial charge is 0.254 e. The van der Waals surface area contributed by atoms with Crippen molar-refractivity contribution >= 4 is 5.91 Å². The van der Waals surface area contributed by atoms with E-state index in [9.17, 15) is 13.6 Å². The first-order valence-electron chi connectivity index (χ1n) is 8.56. The number of nitrogens with zero attached hydrogens (tertiary/aromatic N) is 2. The lowest BCUT2D eigenvalue weighted by atomic mass is 9.99. The van der Waals surface area contributed by atoms with Crippen molar-refractivity contribution < 1.29 is 18.3 Å². The Hall–Kier alpha value is -1.53. The van der Waals surface area contributed by atoms with E-state index in [1.54, 1.807) is 0 Å². The Morgan fingerprint density at radius 3 is 2.46 bits per heavy atom. The fourth-order valence-electron chi connectivity index (χ4n) is 3.55. The molecule has 2 saturated heterocycles. The number of ether oxygens (including phenoxy) is 1. The molecular weight excluding hydrogens is 314 g/mol. The summed E-state index contributed by atoms with van der Waals surface area (Å²) in [6.45, 7) is 3.80. The van der Waals surface area contributed by atoms with Crippen LogP contribution in [-0.2, 0) is 4.74 Å². The number of hydrogen-bond donors (Lipinski definition) is 0. The highest BCUT2D eigenvalue weighted by Gasteiger charge is 2.31. The van der Waals surface area contributed by atoms with Crippen LogP contribution in [0.3, 0.4) is 0 Å². The summed E-state index contributed by atoms with van der Waals surface area (Å²) in [6, 6.07) is 3.15. The third-order valence-electron chi connectivity index (χ3n) is 4.98. The second-order valence-electron chi connectivity index (χ2n) is 6.88. The van der Waals surface area contributed by atoms with Crippen LogP contribution >= 0.6 is 0 Å². The minimum Gasteiger partial charge on any atom is -0.381 e. The van der Waals surface area contributed by atoms with Crippen LogP contribution < -0.4 is 0 Å². The lowest BCUT2D eigenvalue weighted by Gasteiger charge is -2.38. The predicted octanol–water partition coefficient (Wildman–Crippen LogP) is 2.54. The Bertz CT molecular complexity index is 562. The number of carbonyl (C=O) groups is 1. The molecule has 1 aromatic carbocycles. The summed E-state index contributed by atoms with van der Waals surface area (Å²) in [7, 11) is 2.06. The van der Waals surface area contributed by atoms with E-state index in [-0.39, 0.29) is 17.5 Å². The zero-order valence-corrected chi connectivity index (χ0v) is 14.0. The Morgan fingerprint density at radius 2 is 1.88 bits per heavy atom. The monoisotopic (exact) mass is 338 g/mol. The predicted molar refractivity (Wildman–Crippen MR) is 86.8 cm³/mol. The second-order valence-corrected chi connectivity index (χ2v) is 6.88. The van der Waals surface area contributed by atoms with E-state index in [2.05, 4.69) is 11.9 Å². The summed E-state index contributed by atoms with van der Waals surface area (Å²) in [6.07, 6.45) is 2.69. The first-order chi connectivity index (χ1) is 11.5. The van der Waals surface area contributed by atoms with Crippen molar-refractivity contribution in [1.29, 1.82) is 0 Å². The highest BCUT2D eigenvalue weighted by molar-refractivity contribution is 5.94. The molecule has 4 nitrogen and oxygen atoms in total. The summed E-state index contributed by atoms with van der Waals surface area (Å²) in [5.41, 5.74) is 0.0883. The van der Waals surface area contributed by atoms with E-state index in [4.69, 9.17) is 4.74 Å². The molecule has 0 aromatic heterocycles. The topological polar surface area (TPSA) is 32.8 Å². The molecule has 0 bridgehead atoms. The average Bonchev–Trinajstić information content (AvgIpc) is 3.05. The summed E-state index contributed by atoms with van der Waals surface area (Å²) in [5.74, 6) is -1.42. The molecule has 2 fully saturated rings. The number of rotatable bonds is 4. The molecule has 2 heterocycles. The molecule has 0 spiro atoms. The van der Waals surface area contributed by atoms with Gasteiger partial charge in [0.2, 0.25) is 0 Å². The zero-order valence-electron chi connectivity index (χ0n) is 14.0. The Labute approximate surface area is 141 Å². The van der Waals surface area contributed by atoms with E-state index >= 15 is 0 Å². The fourth-order valence-corrected chi connectivity index (χ4v) is 3.55. The van der Waals surface area contributed by atoms with Gasteiger partial charge in [0.15, 0.2) is 0 Å². The number of hydrogen-bond acceptors (Lipinski definition) is 3. The summed E-state index contributed by atoms with van der Waals surface area (Å²) in [4.78, 5) is 17.0. The van der Waals surface area contributed by atoms with E-state index in [1.807, 2.05) is 4.90 Å². The highest BCUT2D eigenvalue weighted by Crippen LogP contribution is 2.23. The SMILES string of the molecule is CN1CCC(N(C[C@@H]2CCOC2)C(=O)c2cc(F)cc(F)c2)CC1. The van der Waals surface area contributed by atoms with Crippen molar-refractivity contribution in [3.05, 3.63) is 35.4 Å². The molecule has 2 aliphatic heterocycles. The van der Waals surface area contributed by atoms with E-state index in [1.165, 1.54) is 0 Å². The first-order valence-corrected chi connectivity index (χ1v) is 8.56. The second kappa shape index (κ2) is 7.57. The minimum atomic E-state index is -0.717. The largest absolute Gasteiger partial charge is 0.381 e. The van der Waals surface area contributed by atoms with Crippen LogP contribution in [0.25, 0.3) is 0 Å². The molecule has 1 aromatic rings.